The summed E-state index contributed by atoms with van der Waals surface area (Å²) in [6.07, 6.45) is 1.72. The predicted octanol–water partition coefficient (Wildman–Crippen LogP) is 2.78. The highest BCUT2D eigenvalue weighted by molar-refractivity contribution is 9.10. The number of rotatable bonds is 2. The first kappa shape index (κ1) is 10.3. The molecule has 0 aliphatic carbocycles. The maximum Gasteiger partial charge on any atom is 0.324 e. The van der Waals surface area contributed by atoms with E-state index in [9.17, 15) is 15.2 Å². The average Bonchev–Trinajstić information content (AvgIpc) is 2.01. The van der Waals surface area contributed by atoms with Crippen molar-refractivity contribution in [1.82, 2.24) is 0 Å². The minimum Gasteiger partial charge on any atom is -0.502 e. The standard InChI is InChI=1S/C7H6BrNO3S/c1-13-6-3-4(8)2-5(10)7(6)9(11)12/h2-3,10H,1H3. The molecule has 0 unspecified atom stereocenters. The first-order valence-corrected chi connectivity index (χ1v) is 5.29. The summed E-state index contributed by atoms with van der Waals surface area (Å²) in [6.45, 7) is 0. The summed E-state index contributed by atoms with van der Waals surface area (Å²) in [5, 5.41) is 19.8. The van der Waals surface area contributed by atoms with E-state index in [1.807, 2.05) is 0 Å². The first-order chi connectivity index (χ1) is 6.06. The quantitative estimate of drug-likeness (QED) is 0.506. The summed E-state index contributed by atoms with van der Waals surface area (Å²) in [5.41, 5.74) is -0.240. The Morgan fingerprint density at radius 3 is 2.69 bits per heavy atom. The number of phenolic OH excluding ortho intramolecular Hbond substituents is 1. The van der Waals surface area contributed by atoms with Crippen LogP contribution >= 0.6 is 27.7 Å². The smallest absolute Gasteiger partial charge is 0.324 e. The van der Waals surface area contributed by atoms with Crippen molar-refractivity contribution in [2.45, 2.75) is 4.90 Å². The SMILES string of the molecule is CSc1cc(Br)cc(O)c1[N+](=O)[O-]. The Morgan fingerprint density at radius 2 is 2.23 bits per heavy atom. The van der Waals surface area contributed by atoms with E-state index in [0.717, 1.165) is 0 Å². The van der Waals surface area contributed by atoms with Crippen LogP contribution in [0.1, 0.15) is 0 Å². The maximum absolute atomic E-state index is 10.5. The molecule has 1 aromatic carbocycles. The molecule has 1 aromatic rings. The van der Waals surface area contributed by atoms with Crippen LogP contribution in [0.3, 0.4) is 0 Å². The molecule has 0 aliphatic heterocycles. The van der Waals surface area contributed by atoms with Gasteiger partial charge in [0, 0.05) is 10.5 Å². The fourth-order valence-corrected chi connectivity index (χ4v) is 2.11. The Kier molecular flexibility index (Phi) is 3.16. The van der Waals surface area contributed by atoms with Crippen molar-refractivity contribution >= 4 is 33.4 Å². The van der Waals surface area contributed by atoms with Gasteiger partial charge in [-0.05, 0) is 12.3 Å². The van der Waals surface area contributed by atoms with E-state index in [1.54, 1.807) is 12.3 Å². The van der Waals surface area contributed by atoms with Crippen LogP contribution in [0.4, 0.5) is 5.69 Å². The zero-order chi connectivity index (χ0) is 10.0. The summed E-state index contributed by atoms with van der Waals surface area (Å²) in [4.78, 5) is 10.4. The van der Waals surface area contributed by atoms with Gasteiger partial charge in [-0.3, -0.25) is 10.1 Å². The van der Waals surface area contributed by atoms with Gasteiger partial charge in [0.15, 0.2) is 5.75 Å². The second kappa shape index (κ2) is 3.97. The lowest BCUT2D eigenvalue weighted by Gasteiger charge is -2.01. The third-order valence-electron chi connectivity index (χ3n) is 1.42. The fraction of sp³-hybridized carbons (Fsp3) is 0.143. The number of hydrogen-bond donors (Lipinski definition) is 1. The number of aromatic hydroxyl groups is 1. The normalized spacial score (nSPS) is 10.0. The minimum atomic E-state index is -0.590. The van der Waals surface area contributed by atoms with Gasteiger partial charge < -0.3 is 5.11 Å². The summed E-state index contributed by atoms with van der Waals surface area (Å²) in [6, 6.07) is 2.90. The molecule has 0 heterocycles. The molecule has 0 fully saturated rings. The highest BCUT2D eigenvalue weighted by Crippen LogP contribution is 2.38. The molecule has 0 aliphatic rings. The van der Waals surface area contributed by atoms with E-state index in [4.69, 9.17) is 0 Å². The number of nitro benzene ring substituents is 1. The fourth-order valence-electron chi connectivity index (χ4n) is 0.900. The Balaban J connectivity index is 3.38. The summed E-state index contributed by atoms with van der Waals surface area (Å²) >= 11 is 4.36. The molecule has 0 saturated carbocycles. The first-order valence-electron chi connectivity index (χ1n) is 3.27. The van der Waals surface area contributed by atoms with Crippen molar-refractivity contribution in [1.29, 1.82) is 0 Å². The molecule has 0 radical (unpaired) electrons. The van der Waals surface area contributed by atoms with Crippen LogP contribution in [-0.4, -0.2) is 16.3 Å². The van der Waals surface area contributed by atoms with E-state index < -0.39 is 4.92 Å². The van der Waals surface area contributed by atoms with Crippen LogP contribution in [0.2, 0.25) is 0 Å². The lowest BCUT2D eigenvalue weighted by Crippen LogP contribution is -1.91. The van der Waals surface area contributed by atoms with Crippen molar-refractivity contribution in [2.24, 2.45) is 0 Å². The lowest BCUT2D eigenvalue weighted by atomic mass is 10.3. The monoisotopic (exact) mass is 263 g/mol. The summed E-state index contributed by atoms with van der Waals surface area (Å²) in [7, 11) is 0. The van der Waals surface area contributed by atoms with Gasteiger partial charge in [-0.15, -0.1) is 11.8 Å². The van der Waals surface area contributed by atoms with Crippen molar-refractivity contribution in [3.8, 4) is 5.75 Å². The van der Waals surface area contributed by atoms with Gasteiger partial charge in [-0.25, -0.2) is 0 Å². The molecule has 1 rings (SSSR count). The molecule has 0 amide bonds. The maximum atomic E-state index is 10.5. The van der Waals surface area contributed by atoms with E-state index in [1.165, 1.54) is 17.8 Å². The zero-order valence-electron chi connectivity index (χ0n) is 6.65. The topological polar surface area (TPSA) is 63.4 Å². The molecule has 0 aromatic heterocycles. The Morgan fingerprint density at radius 1 is 1.62 bits per heavy atom. The highest BCUT2D eigenvalue weighted by Gasteiger charge is 2.19. The molecule has 6 heteroatoms. The van der Waals surface area contributed by atoms with Crippen LogP contribution < -0.4 is 0 Å². The highest BCUT2D eigenvalue weighted by atomic mass is 79.9. The van der Waals surface area contributed by atoms with Crippen LogP contribution in [0.5, 0.6) is 5.75 Å². The molecular weight excluding hydrogens is 258 g/mol. The van der Waals surface area contributed by atoms with Gasteiger partial charge in [0.1, 0.15) is 0 Å². The summed E-state index contributed by atoms with van der Waals surface area (Å²) < 4.78 is 0.625. The number of thioether (sulfide) groups is 1. The van der Waals surface area contributed by atoms with Crippen LogP contribution in [0.25, 0.3) is 0 Å². The number of nitrogens with zero attached hydrogens (tertiary/aromatic N) is 1. The Labute approximate surface area is 87.2 Å². The Hall–Kier alpha value is -0.750. The number of hydrogen-bond acceptors (Lipinski definition) is 4. The second-order valence-corrected chi connectivity index (χ2v) is 4.00. The molecule has 0 atom stereocenters. The third kappa shape index (κ3) is 2.13. The lowest BCUT2D eigenvalue weighted by molar-refractivity contribution is -0.388. The van der Waals surface area contributed by atoms with E-state index in [2.05, 4.69) is 15.9 Å². The number of benzene rings is 1. The average molecular weight is 264 g/mol. The van der Waals surface area contributed by atoms with Crippen LogP contribution in [0.15, 0.2) is 21.5 Å². The van der Waals surface area contributed by atoms with Gasteiger partial charge in [-0.1, -0.05) is 15.9 Å². The van der Waals surface area contributed by atoms with Gasteiger partial charge in [0.25, 0.3) is 0 Å². The largest absolute Gasteiger partial charge is 0.502 e. The van der Waals surface area contributed by atoms with E-state index in [0.29, 0.717) is 9.37 Å². The molecule has 0 bridgehead atoms. The molecule has 0 spiro atoms. The van der Waals surface area contributed by atoms with Gasteiger partial charge in [0.2, 0.25) is 0 Å². The molecule has 1 N–H and O–H groups in total. The molecule has 70 valence electrons. The number of nitro groups is 1. The van der Waals surface area contributed by atoms with Crippen LogP contribution in [0, 0.1) is 10.1 Å². The zero-order valence-corrected chi connectivity index (χ0v) is 9.05. The number of phenols is 1. The Bertz CT molecular complexity index is 356. The van der Waals surface area contributed by atoms with E-state index >= 15 is 0 Å². The molecular formula is C7H6BrNO3S. The minimum absolute atomic E-state index is 0.240. The van der Waals surface area contributed by atoms with E-state index in [-0.39, 0.29) is 11.4 Å². The molecule has 4 nitrogen and oxygen atoms in total. The van der Waals surface area contributed by atoms with Crippen LogP contribution in [-0.2, 0) is 0 Å². The van der Waals surface area contributed by atoms with Gasteiger partial charge in [-0.2, -0.15) is 0 Å². The second-order valence-electron chi connectivity index (χ2n) is 2.23. The van der Waals surface area contributed by atoms with Crippen molar-refractivity contribution in [2.75, 3.05) is 6.26 Å². The van der Waals surface area contributed by atoms with Crippen molar-refractivity contribution in [3.05, 3.63) is 26.7 Å². The van der Waals surface area contributed by atoms with Gasteiger partial charge in [0.05, 0.1) is 9.82 Å². The molecule has 13 heavy (non-hydrogen) atoms. The molecule has 0 saturated heterocycles. The summed E-state index contributed by atoms with van der Waals surface area (Å²) in [5.74, 6) is -0.316. The number of halogens is 1. The van der Waals surface area contributed by atoms with Gasteiger partial charge >= 0.3 is 5.69 Å². The van der Waals surface area contributed by atoms with Crippen molar-refractivity contribution in [3.63, 3.8) is 0 Å². The predicted molar refractivity (Wildman–Crippen MR) is 54.2 cm³/mol. The third-order valence-corrected chi connectivity index (χ3v) is 2.63. The van der Waals surface area contributed by atoms with Crippen molar-refractivity contribution < 1.29 is 10.0 Å².